The number of hydrogen-bond donors (Lipinski definition) is 0. The largest absolute Gasteiger partial charge is 0.573 e. The first-order chi connectivity index (χ1) is 4.93. The van der Waals surface area contributed by atoms with Gasteiger partial charge >= 0.3 is 14.4 Å². The molecule has 68 valence electrons. The minimum atomic E-state index is -3.75. The molecule has 0 rings (SSSR count). The third-order valence-electron chi connectivity index (χ3n) is 1.34. The fourth-order valence-electron chi connectivity index (χ4n) is 0.788. The van der Waals surface area contributed by atoms with E-state index in [2.05, 4.69) is 13.3 Å². The molecule has 0 aliphatic heterocycles. The zero-order valence-corrected chi connectivity index (χ0v) is 7.98. The van der Waals surface area contributed by atoms with Crippen LogP contribution >= 0.6 is 0 Å². The van der Waals surface area contributed by atoms with Crippen molar-refractivity contribution in [1.29, 1.82) is 0 Å². The van der Waals surface area contributed by atoms with E-state index >= 15 is 0 Å². The van der Waals surface area contributed by atoms with Gasteiger partial charge < -0.3 is 13.3 Å². The maximum Gasteiger partial charge on any atom is 0.573 e. The molecule has 0 saturated heterocycles. The molecule has 11 heavy (non-hydrogen) atoms. The Hall–Kier alpha value is -0.0431. The van der Waals surface area contributed by atoms with Crippen molar-refractivity contribution in [3.8, 4) is 0 Å². The number of rotatable bonds is 4. The molecule has 0 heterocycles. The molecule has 0 spiro atoms. The Kier molecular flexibility index (Phi) is 3.56. The first kappa shape index (κ1) is 11.0. The second-order valence-electron chi connectivity index (χ2n) is 2.06. The van der Waals surface area contributed by atoms with Crippen LogP contribution < -0.4 is 0 Å². The van der Waals surface area contributed by atoms with Crippen molar-refractivity contribution in [3.63, 3.8) is 0 Å². The van der Waals surface area contributed by atoms with Crippen molar-refractivity contribution in [2.45, 2.75) is 12.5 Å². The Morgan fingerprint density at radius 2 is 1.27 bits per heavy atom. The molecule has 6 heteroatoms. The predicted molar refractivity (Wildman–Crippen MR) is 37.4 cm³/mol. The number of alkyl halides is 2. The van der Waals surface area contributed by atoms with Crippen LogP contribution in [0.1, 0.15) is 6.92 Å². The Labute approximate surface area is 65.6 Å². The van der Waals surface area contributed by atoms with Gasteiger partial charge in [0.1, 0.15) is 0 Å². The van der Waals surface area contributed by atoms with Crippen LogP contribution in [-0.4, -0.2) is 35.7 Å². The first-order valence-electron chi connectivity index (χ1n) is 2.97. The SMILES string of the molecule is CO[Si](OC)(OC)C(C)(F)F. The standard InChI is InChI=1S/C5H12F2O3Si/c1-5(6,7)11(8-2,9-3)10-4/h1-4H3. The number of halogens is 2. The average molecular weight is 186 g/mol. The molecule has 0 N–H and O–H groups in total. The topological polar surface area (TPSA) is 27.7 Å². The summed E-state index contributed by atoms with van der Waals surface area (Å²) in [5.74, 6) is 0. The lowest BCUT2D eigenvalue weighted by atomic mass is 10.8. The van der Waals surface area contributed by atoms with Crippen molar-refractivity contribution in [2.75, 3.05) is 21.3 Å². The van der Waals surface area contributed by atoms with Crippen LogP contribution in [0, 0.1) is 0 Å². The molecule has 0 radical (unpaired) electrons. The molecule has 0 aromatic heterocycles. The van der Waals surface area contributed by atoms with Gasteiger partial charge in [-0.15, -0.1) is 0 Å². The van der Waals surface area contributed by atoms with Crippen LogP contribution in [0.25, 0.3) is 0 Å². The van der Waals surface area contributed by atoms with Gasteiger partial charge in [0.25, 0.3) is 0 Å². The van der Waals surface area contributed by atoms with E-state index < -0.39 is 14.4 Å². The molecule has 0 aliphatic rings. The van der Waals surface area contributed by atoms with Gasteiger partial charge in [0.15, 0.2) is 0 Å². The van der Waals surface area contributed by atoms with Gasteiger partial charge in [0.05, 0.1) is 0 Å². The van der Waals surface area contributed by atoms with Crippen molar-refractivity contribution in [1.82, 2.24) is 0 Å². The summed E-state index contributed by atoms with van der Waals surface area (Å²) in [4.78, 5) is 0. The molecule has 0 aromatic rings. The van der Waals surface area contributed by atoms with E-state index in [-0.39, 0.29) is 0 Å². The Morgan fingerprint density at radius 1 is 1.00 bits per heavy atom. The van der Waals surface area contributed by atoms with Crippen molar-refractivity contribution in [3.05, 3.63) is 0 Å². The summed E-state index contributed by atoms with van der Waals surface area (Å²) < 4.78 is 39.1. The summed E-state index contributed by atoms with van der Waals surface area (Å²) in [6.45, 7) is 0.718. The normalized spacial score (nSPS) is 13.6. The highest BCUT2D eigenvalue weighted by atomic mass is 28.4. The summed E-state index contributed by atoms with van der Waals surface area (Å²) in [5.41, 5.74) is -3.06. The predicted octanol–water partition coefficient (Wildman–Crippen LogP) is 1.06. The summed E-state index contributed by atoms with van der Waals surface area (Å²) >= 11 is 0. The smallest absolute Gasteiger partial charge is 0.373 e. The van der Waals surface area contributed by atoms with Crippen LogP contribution in [0.3, 0.4) is 0 Å². The quantitative estimate of drug-likeness (QED) is 0.614. The number of hydrogen-bond acceptors (Lipinski definition) is 3. The van der Waals surface area contributed by atoms with Gasteiger partial charge in [-0.1, -0.05) is 0 Å². The zero-order chi connectivity index (χ0) is 9.12. The molecular weight excluding hydrogens is 174 g/mol. The van der Waals surface area contributed by atoms with Gasteiger partial charge in [0.2, 0.25) is 0 Å². The Morgan fingerprint density at radius 3 is 1.27 bits per heavy atom. The van der Waals surface area contributed by atoms with Crippen LogP contribution in [0.2, 0.25) is 0 Å². The van der Waals surface area contributed by atoms with Crippen LogP contribution in [0.4, 0.5) is 8.78 Å². The fourth-order valence-corrected chi connectivity index (χ4v) is 2.36. The molecule has 0 fully saturated rings. The van der Waals surface area contributed by atoms with Gasteiger partial charge in [-0.25, -0.2) is 8.78 Å². The fraction of sp³-hybridized carbons (Fsp3) is 1.00. The average Bonchev–Trinajstić information content (AvgIpc) is 1.90. The first-order valence-corrected chi connectivity index (χ1v) is 4.69. The minimum Gasteiger partial charge on any atom is -0.373 e. The lowest BCUT2D eigenvalue weighted by molar-refractivity contribution is -0.0175. The maximum atomic E-state index is 12.7. The Bertz CT molecular complexity index is 113. The molecule has 0 saturated carbocycles. The molecule has 0 bridgehead atoms. The second kappa shape index (κ2) is 3.57. The molecule has 0 atom stereocenters. The highest BCUT2D eigenvalue weighted by Crippen LogP contribution is 2.27. The van der Waals surface area contributed by atoms with Crippen LogP contribution in [0.15, 0.2) is 0 Å². The van der Waals surface area contributed by atoms with E-state index in [1.54, 1.807) is 0 Å². The molecule has 0 unspecified atom stereocenters. The van der Waals surface area contributed by atoms with E-state index in [9.17, 15) is 8.78 Å². The minimum absolute atomic E-state index is 0.718. The molecule has 0 amide bonds. The second-order valence-corrected chi connectivity index (χ2v) is 5.27. The zero-order valence-electron chi connectivity index (χ0n) is 6.98. The van der Waals surface area contributed by atoms with E-state index in [0.717, 1.165) is 28.3 Å². The molecule has 3 nitrogen and oxygen atoms in total. The van der Waals surface area contributed by atoms with Gasteiger partial charge in [-0.05, 0) is 0 Å². The highest BCUT2D eigenvalue weighted by molar-refractivity contribution is 6.63. The maximum absolute atomic E-state index is 12.7. The van der Waals surface area contributed by atoms with Gasteiger partial charge in [-0.2, -0.15) is 0 Å². The van der Waals surface area contributed by atoms with Gasteiger partial charge in [0, 0.05) is 28.3 Å². The highest BCUT2D eigenvalue weighted by Gasteiger charge is 2.59. The molecular formula is C5H12F2O3Si. The van der Waals surface area contributed by atoms with E-state index in [1.807, 2.05) is 0 Å². The summed E-state index contributed by atoms with van der Waals surface area (Å²) in [5, 5.41) is 0. The monoisotopic (exact) mass is 186 g/mol. The van der Waals surface area contributed by atoms with E-state index in [4.69, 9.17) is 0 Å². The van der Waals surface area contributed by atoms with E-state index in [0.29, 0.717) is 0 Å². The van der Waals surface area contributed by atoms with Crippen LogP contribution in [-0.2, 0) is 13.3 Å². The van der Waals surface area contributed by atoms with Crippen molar-refractivity contribution >= 4 is 8.80 Å². The lowest BCUT2D eigenvalue weighted by Crippen LogP contribution is -2.57. The lowest BCUT2D eigenvalue weighted by Gasteiger charge is -2.28. The molecule has 0 aliphatic carbocycles. The summed E-state index contributed by atoms with van der Waals surface area (Å²) in [7, 11) is -0.304. The Balaban J connectivity index is 4.54. The van der Waals surface area contributed by atoms with Crippen LogP contribution in [0.5, 0.6) is 0 Å². The van der Waals surface area contributed by atoms with Crippen molar-refractivity contribution < 1.29 is 22.1 Å². The van der Waals surface area contributed by atoms with Crippen molar-refractivity contribution in [2.24, 2.45) is 0 Å². The third-order valence-corrected chi connectivity index (χ3v) is 4.03. The van der Waals surface area contributed by atoms with Gasteiger partial charge in [-0.3, -0.25) is 0 Å². The molecule has 0 aromatic carbocycles. The third kappa shape index (κ3) is 1.96. The summed E-state index contributed by atoms with van der Waals surface area (Å²) in [6, 6.07) is 0. The van der Waals surface area contributed by atoms with E-state index in [1.165, 1.54) is 0 Å². The summed E-state index contributed by atoms with van der Waals surface area (Å²) in [6.07, 6.45) is 0.